The number of nitrogens with one attached hydrogen (secondary N) is 1. The Labute approximate surface area is 120 Å². The highest BCUT2D eigenvalue weighted by Crippen LogP contribution is 2.21. The zero-order chi connectivity index (χ0) is 15.4. The quantitative estimate of drug-likeness (QED) is 0.593. The first-order valence-electron chi connectivity index (χ1n) is 6.07. The molecule has 0 atom stereocenters. The van der Waals surface area contributed by atoms with Crippen molar-refractivity contribution in [2.24, 2.45) is 0 Å². The number of benzene rings is 1. The summed E-state index contributed by atoms with van der Waals surface area (Å²) in [5.74, 6) is -1.48. The zero-order valence-electron chi connectivity index (χ0n) is 11.2. The Kier molecular flexibility index (Phi) is 4.08. The summed E-state index contributed by atoms with van der Waals surface area (Å²) in [6.07, 6.45) is 2.84. The highest BCUT2D eigenvalue weighted by molar-refractivity contribution is 6.04. The summed E-state index contributed by atoms with van der Waals surface area (Å²) in [4.78, 5) is 22.7. The lowest BCUT2D eigenvalue weighted by molar-refractivity contribution is -0.111. The minimum atomic E-state index is -1.27. The number of furan rings is 1. The molecular weight excluding hydrogens is 274 g/mol. The molecule has 0 aliphatic rings. The van der Waals surface area contributed by atoms with Crippen LogP contribution < -0.4 is 5.32 Å². The Bertz CT molecular complexity index is 701. The third kappa shape index (κ3) is 3.50. The Hall–Kier alpha value is -3.02. The molecule has 0 fully saturated rings. The molecule has 1 aromatic carbocycles. The van der Waals surface area contributed by atoms with Crippen molar-refractivity contribution in [3.05, 3.63) is 54.0 Å². The van der Waals surface area contributed by atoms with Crippen LogP contribution >= 0.6 is 0 Å². The lowest BCUT2D eigenvalue weighted by Crippen LogP contribution is -2.09. The predicted octanol–water partition coefficient (Wildman–Crippen LogP) is 2.73. The van der Waals surface area contributed by atoms with Crippen LogP contribution in [0.25, 0.3) is 5.57 Å². The molecule has 0 spiro atoms. The normalized spacial score (nSPS) is 11.2. The third-order valence-electron chi connectivity index (χ3n) is 2.75. The second-order valence-electron chi connectivity index (χ2n) is 4.33. The number of carboxylic acids is 1. The van der Waals surface area contributed by atoms with Crippen molar-refractivity contribution in [2.45, 2.75) is 6.92 Å². The van der Waals surface area contributed by atoms with Gasteiger partial charge in [0.15, 0.2) is 0 Å². The summed E-state index contributed by atoms with van der Waals surface area (Å²) < 4.78 is 5.15. The van der Waals surface area contributed by atoms with Crippen molar-refractivity contribution in [1.29, 1.82) is 0 Å². The first-order chi connectivity index (χ1) is 9.97. The number of amides is 1. The number of carbonyl (C=O) groups excluding carboxylic acids is 1. The van der Waals surface area contributed by atoms with Crippen LogP contribution in [0.5, 0.6) is 5.75 Å². The fourth-order valence-corrected chi connectivity index (χ4v) is 1.73. The second-order valence-corrected chi connectivity index (χ2v) is 4.33. The van der Waals surface area contributed by atoms with E-state index >= 15 is 0 Å². The fraction of sp³-hybridized carbons (Fsp3) is 0.0667. The monoisotopic (exact) mass is 287 g/mol. The standard InChI is InChI=1S/C15H13NO5/c1-9(13-3-2-6-21-13)7-14(18)16-10-4-5-12(17)11(8-10)15(19)20/h2-8,17H,1H3,(H,16,18)(H,19,20). The van der Waals surface area contributed by atoms with E-state index in [-0.39, 0.29) is 17.0 Å². The van der Waals surface area contributed by atoms with Gasteiger partial charge in [0.05, 0.1) is 6.26 Å². The highest BCUT2D eigenvalue weighted by Gasteiger charge is 2.11. The van der Waals surface area contributed by atoms with Gasteiger partial charge in [0.2, 0.25) is 5.91 Å². The summed E-state index contributed by atoms with van der Waals surface area (Å²) in [7, 11) is 0. The van der Waals surface area contributed by atoms with Gasteiger partial charge in [-0.2, -0.15) is 0 Å². The van der Waals surface area contributed by atoms with E-state index in [2.05, 4.69) is 5.32 Å². The zero-order valence-corrected chi connectivity index (χ0v) is 11.2. The van der Waals surface area contributed by atoms with Crippen LogP contribution in [0.2, 0.25) is 0 Å². The molecule has 1 aromatic heterocycles. The smallest absolute Gasteiger partial charge is 0.339 e. The molecule has 0 radical (unpaired) electrons. The molecule has 6 nitrogen and oxygen atoms in total. The number of hydrogen-bond donors (Lipinski definition) is 3. The van der Waals surface area contributed by atoms with Crippen LogP contribution in [0.4, 0.5) is 5.69 Å². The Morgan fingerprint density at radius 3 is 2.67 bits per heavy atom. The van der Waals surface area contributed by atoms with Crippen molar-refractivity contribution in [1.82, 2.24) is 0 Å². The minimum absolute atomic E-state index is 0.277. The molecule has 2 aromatic rings. The van der Waals surface area contributed by atoms with Crippen molar-refractivity contribution in [3.63, 3.8) is 0 Å². The van der Waals surface area contributed by atoms with Crippen LogP contribution in [0.15, 0.2) is 47.1 Å². The summed E-state index contributed by atoms with van der Waals surface area (Å²) in [5, 5.41) is 20.8. The third-order valence-corrected chi connectivity index (χ3v) is 2.75. The fourth-order valence-electron chi connectivity index (χ4n) is 1.73. The summed E-state index contributed by atoms with van der Waals surface area (Å²) in [6.45, 7) is 1.72. The lowest BCUT2D eigenvalue weighted by Gasteiger charge is -2.05. The number of hydrogen-bond acceptors (Lipinski definition) is 4. The van der Waals surface area contributed by atoms with Gasteiger partial charge in [-0.1, -0.05) is 0 Å². The summed E-state index contributed by atoms with van der Waals surface area (Å²) in [6, 6.07) is 7.25. The predicted molar refractivity (Wildman–Crippen MR) is 76.1 cm³/mol. The van der Waals surface area contributed by atoms with Gasteiger partial charge in [0.25, 0.3) is 0 Å². The van der Waals surface area contributed by atoms with Crippen LogP contribution in [0.1, 0.15) is 23.0 Å². The van der Waals surface area contributed by atoms with Gasteiger partial charge in [-0.05, 0) is 42.8 Å². The van der Waals surface area contributed by atoms with E-state index in [9.17, 15) is 14.7 Å². The molecule has 6 heteroatoms. The minimum Gasteiger partial charge on any atom is -0.507 e. The van der Waals surface area contributed by atoms with Crippen molar-refractivity contribution >= 4 is 23.1 Å². The number of allylic oxidation sites excluding steroid dienone is 1. The maximum Gasteiger partial charge on any atom is 0.339 e. The number of carbonyl (C=O) groups is 2. The molecule has 1 amide bonds. The molecule has 0 aliphatic carbocycles. The van der Waals surface area contributed by atoms with E-state index in [1.54, 1.807) is 19.1 Å². The molecule has 3 N–H and O–H groups in total. The number of rotatable bonds is 4. The van der Waals surface area contributed by atoms with Gasteiger partial charge < -0.3 is 19.9 Å². The molecule has 0 saturated carbocycles. The number of aromatic carboxylic acids is 1. The first kappa shape index (κ1) is 14.4. The molecule has 0 saturated heterocycles. The van der Waals surface area contributed by atoms with E-state index in [4.69, 9.17) is 9.52 Å². The number of carboxylic acid groups (broad SMARTS) is 1. The number of aromatic hydroxyl groups is 1. The SMILES string of the molecule is CC(=CC(=O)Nc1ccc(O)c(C(=O)O)c1)c1ccco1. The number of phenols is 1. The van der Waals surface area contributed by atoms with Gasteiger partial charge >= 0.3 is 5.97 Å². The van der Waals surface area contributed by atoms with Crippen LogP contribution in [0, 0.1) is 0 Å². The topological polar surface area (TPSA) is 99.8 Å². The molecule has 21 heavy (non-hydrogen) atoms. The van der Waals surface area contributed by atoms with E-state index in [1.807, 2.05) is 0 Å². The van der Waals surface area contributed by atoms with Crippen molar-refractivity contribution < 1.29 is 24.2 Å². The maximum absolute atomic E-state index is 11.8. The molecule has 1 heterocycles. The molecule has 0 aliphatic heterocycles. The van der Waals surface area contributed by atoms with Crippen LogP contribution in [-0.2, 0) is 4.79 Å². The summed E-state index contributed by atoms with van der Waals surface area (Å²) in [5.41, 5.74) is 0.632. The van der Waals surface area contributed by atoms with E-state index in [1.165, 1.54) is 30.5 Å². The Morgan fingerprint density at radius 1 is 1.29 bits per heavy atom. The van der Waals surface area contributed by atoms with E-state index < -0.39 is 11.9 Å². The van der Waals surface area contributed by atoms with Crippen LogP contribution in [0.3, 0.4) is 0 Å². The van der Waals surface area contributed by atoms with Gasteiger partial charge in [-0.3, -0.25) is 4.79 Å². The second kappa shape index (κ2) is 5.96. The highest BCUT2D eigenvalue weighted by atomic mass is 16.4. The van der Waals surface area contributed by atoms with Crippen molar-refractivity contribution in [2.75, 3.05) is 5.32 Å². The number of anilines is 1. The average Bonchev–Trinajstić information content (AvgIpc) is 2.94. The Balaban J connectivity index is 2.15. The van der Waals surface area contributed by atoms with E-state index in [0.717, 1.165) is 0 Å². The Morgan fingerprint density at radius 2 is 2.05 bits per heavy atom. The maximum atomic E-state index is 11.8. The summed E-state index contributed by atoms with van der Waals surface area (Å²) >= 11 is 0. The molecule has 2 rings (SSSR count). The molecule has 0 unspecified atom stereocenters. The molecule has 0 bridgehead atoms. The van der Waals surface area contributed by atoms with Gasteiger partial charge in [0.1, 0.15) is 17.1 Å². The molecular formula is C15H13NO5. The van der Waals surface area contributed by atoms with Gasteiger partial charge in [-0.25, -0.2) is 4.79 Å². The van der Waals surface area contributed by atoms with E-state index in [0.29, 0.717) is 11.3 Å². The van der Waals surface area contributed by atoms with Gasteiger partial charge in [0, 0.05) is 11.8 Å². The molecule has 108 valence electrons. The van der Waals surface area contributed by atoms with Crippen molar-refractivity contribution in [3.8, 4) is 5.75 Å². The average molecular weight is 287 g/mol. The van der Waals surface area contributed by atoms with Gasteiger partial charge in [-0.15, -0.1) is 0 Å². The first-order valence-corrected chi connectivity index (χ1v) is 6.07. The largest absolute Gasteiger partial charge is 0.507 e. The van der Waals surface area contributed by atoms with Crippen LogP contribution in [-0.4, -0.2) is 22.1 Å². The lowest BCUT2D eigenvalue weighted by atomic mass is 10.1.